The smallest absolute Gasteiger partial charge is 0.311 e. The number of rotatable bonds is 6. The molecular weight excluding hydrogens is 238 g/mol. The van der Waals surface area contributed by atoms with E-state index in [4.69, 9.17) is 28.3 Å². The van der Waals surface area contributed by atoms with Gasteiger partial charge in [-0.2, -0.15) is 8.15 Å². The largest absolute Gasteiger partial charge is 0.368 e. The van der Waals surface area contributed by atoms with Gasteiger partial charge in [-0.05, 0) is 6.04 Å². The van der Waals surface area contributed by atoms with E-state index in [-0.39, 0.29) is 0 Å². The van der Waals surface area contributed by atoms with Crippen molar-refractivity contribution in [1.82, 2.24) is 0 Å². The van der Waals surface area contributed by atoms with E-state index in [2.05, 4.69) is 27.8 Å². The summed E-state index contributed by atoms with van der Waals surface area (Å²) in [6, 6.07) is 1.03. The van der Waals surface area contributed by atoms with Gasteiger partial charge in [0.05, 0.1) is 30.3 Å². The molecule has 0 rings (SSSR count). The van der Waals surface area contributed by atoms with E-state index in [0.717, 1.165) is 6.04 Å². The molecule has 0 spiro atoms. The zero-order valence-electron chi connectivity index (χ0n) is 7.34. The van der Waals surface area contributed by atoms with Crippen molar-refractivity contribution in [2.75, 3.05) is 6.61 Å². The van der Waals surface area contributed by atoms with E-state index < -0.39 is 16.7 Å². The molecule has 0 aliphatic heterocycles. The molecule has 0 saturated carbocycles. The Hall–Kier alpha value is 1.11. The molecule has 0 atom stereocenters. The first-order valence-corrected chi connectivity index (χ1v) is 8.92. The first-order valence-electron chi connectivity index (χ1n) is 3.50. The first-order chi connectivity index (χ1) is 5.49. The van der Waals surface area contributed by atoms with E-state index in [1.807, 2.05) is 0 Å². The summed E-state index contributed by atoms with van der Waals surface area (Å²) in [4.78, 5) is 0. The fourth-order valence-electron chi connectivity index (χ4n) is 0.477. The van der Waals surface area contributed by atoms with Crippen molar-refractivity contribution in [2.45, 2.75) is 25.7 Å². The minimum absolute atomic E-state index is 0.584. The van der Waals surface area contributed by atoms with Crippen LogP contribution in [0.3, 0.4) is 0 Å². The van der Waals surface area contributed by atoms with Crippen LogP contribution in [0.4, 0.5) is 0 Å². The Labute approximate surface area is 85.6 Å². The van der Waals surface area contributed by atoms with Gasteiger partial charge < -0.3 is 4.52 Å². The van der Waals surface area contributed by atoms with Gasteiger partial charge in [0.2, 0.25) is 0 Å². The van der Waals surface area contributed by atoms with Crippen LogP contribution in [0.15, 0.2) is 0 Å². The third kappa shape index (κ3) is 7.74. The lowest BCUT2D eigenvalue weighted by Gasteiger charge is -2.16. The van der Waals surface area contributed by atoms with E-state index in [1.165, 1.54) is 0 Å². The average molecular weight is 251 g/mol. The van der Waals surface area contributed by atoms with Crippen molar-refractivity contribution in [3.8, 4) is 0 Å². The highest BCUT2D eigenvalue weighted by molar-refractivity contribution is 7.43. The van der Waals surface area contributed by atoms with E-state index in [0.29, 0.717) is 6.61 Å². The standard InChI is InChI=1S/C5H13Cl2O3PSi/c1-12(2,3)5-4-8-11(9-6)10-7/h4-5H2,1-3H3. The van der Waals surface area contributed by atoms with Crippen molar-refractivity contribution in [3.63, 3.8) is 0 Å². The molecule has 0 aliphatic carbocycles. The molecule has 0 bridgehead atoms. The van der Waals surface area contributed by atoms with Gasteiger partial charge in [-0.1, -0.05) is 19.6 Å². The lowest BCUT2D eigenvalue weighted by Crippen LogP contribution is -2.21. The van der Waals surface area contributed by atoms with Gasteiger partial charge >= 0.3 is 8.60 Å². The second-order valence-corrected chi connectivity index (χ2v) is 10.9. The molecule has 0 saturated heterocycles. The quantitative estimate of drug-likeness (QED) is 0.529. The van der Waals surface area contributed by atoms with Crippen LogP contribution in [0.1, 0.15) is 0 Å². The summed E-state index contributed by atoms with van der Waals surface area (Å²) in [7, 11) is -2.62. The molecule has 0 heterocycles. The molecule has 3 nitrogen and oxygen atoms in total. The monoisotopic (exact) mass is 250 g/mol. The fourth-order valence-corrected chi connectivity index (χ4v) is 2.20. The van der Waals surface area contributed by atoms with Gasteiger partial charge in [0.25, 0.3) is 0 Å². The molecule has 0 N–H and O–H groups in total. The average Bonchev–Trinajstić information content (AvgIpc) is 1.96. The van der Waals surface area contributed by atoms with Crippen LogP contribution in [-0.2, 0) is 12.7 Å². The molecular formula is C5H13Cl2O3PSi. The molecule has 0 aliphatic rings. The van der Waals surface area contributed by atoms with Gasteiger partial charge in [0, 0.05) is 8.07 Å². The highest BCUT2D eigenvalue weighted by Crippen LogP contribution is 2.42. The summed E-state index contributed by atoms with van der Waals surface area (Å²) in [6.07, 6.45) is 0. The predicted molar refractivity (Wildman–Crippen MR) is 54.9 cm³/mol. The van der Waals surface area contributed by atoms with Gasteiger partial charge in [-0.15, -0.1) is 0 Å². The Morgan fingerprint density at radius 1 is 1.17 bits per heavy atom. The maximum absolute atomic E-state index is 5.11. The number of halogens is 2. The lowest BCUT2D eigenvalue weighted by atomic mass is 10.9. The molecule has 0 aromatic heterocycles. The maximum Gasteiger partial charge on any atom is 0.368 e. The second kappa shape index (κ2) is 6.54. The molecule has 0 radical (unpaired) electrons. The Morgan fingerprint density at radius 2 is 1.67 bits per heavy atom. The fraction of sp³-hybridized carbons (Fsp3) is 1.00. The molecule has 0 aromatic carbocycles. The minimum Gasteiger partial charge on any atom is -0.311 e. The van der Waals surface area contributed by atoms with Crippen LogP contribution in [-0.4, -0.2) is 14.7 Å². The third-order valence-corrected chi connectivity index (χ3v) is 4.16. The minimum atomic E-state index is -1.56. The van der Waals surface area contributed by atoms with Crippen LogP contribution in [0.2, 0.25) is 25.7 Å². The zero-order chi connectivity index (χ0) is 9.61. The highest BCUT2D eigenvalue weighted by Gasteiger charge is 2.16. The van der Waals surface area contributed by atoms with Crippen LogP contribution < -0.4 is 0 Å². The lowest BCUT2D eigenvalue weighted by molar-refractivity contribution is 0.291. The summed E-state index contributed by atoms with van der Waals surface area (Å²) in [6.45, 7) is 7.34. The van der Waals surface area contributed by atoms with Crippen LogP contribution >= 0.6 is 32.3 Å². The van der Waals surface area contributed by atoms with Gasteiger partial charge in [0.1, 0.15) is 0 Å². The Bertz CT molecular complexity index is 118. The van der Waals surface area contributed by atoms with Crippen molar-refractivity contribution in [1.29, 1.82) is 0 Å². The van der Waals surface area contributed by atoms with Crippen LogP contribution in [0.5, 0.6) is 0 Å². The van der Waals surface area contributed by atoms with Gasteiger partial charge in [0.15, 0.2) is 0 Å². The van der Waals surface area contributed by atoms with Gasteiger partial charge in [-0.3, -0.25) is 0 Å². The molecule has 0 amide bonds. The van der Waals surface area contributed by atoms with Crippen molar-refractivity contribution in [2.24, 2.45) is 0 Å². The first kappa shape index (κ1) is 13.1. The third-order valence-electron chi connectivity index (χ3n) is 1.16. The normalized spacial score (nSPS) is 12.5. The van der Waals surface area contributed by atoms with Crippen molar-refractivity contribution in [3.05, 3.63) is 0 Å². The summed E-state index contributed by atoms with van der Waals surface area (Å²) in [5, 5.41) is 0. The summed E-state index contributed by atoms with van der Waals surface area (Å²) < 4.78 is 13.7. The van der Waals surface area contributed by atoms with E-state index in [9.17, 15) is 0 Å². The Balaban J connectivity index is 3.41. The number of hydrogen-bond acceptors (Lipinski definition) is 3. The summed E-state index contributed by atoms with van der Waals surface area (Å²) in [5.41, 5.74) is 0. The van der Waals surface area contributed by atoms with E-state index in [1.54, 1.807) is 0 Å². The zero-order valence-corrected chi connectivity index (χ0v) is 10.7. The molecule has 0 aromatic rings. The van der Waals surface area contributed by atoms with Crippen molar-refractivity contribution >= 4 is 40.4 Å². The second-order valence-electron chi connectivity index (χ2n) is 3.51. The predicted octanol–water partition coefficient (Wildman–Crippen LogP) is 3.91. The Kier molecular flexibility index (Phi) is 7.15. The summed E-state index contributed by atoms with van der Waals surface area (Å²) in [5.74, 6) is 0. The molecule has 7 heteroatoms. The van der Waals surface area contributed by atoms with Crippen LogP contribution in [0, 0.1) is 0 Å². The van der Waals surface area contributed by atoms with Gasteiger partial charge in [-0.25, -0.2) is 0 Å². The SMILES string of the molecule is C[Si](C)(C)CCOP(OCl)OCl. The maximum atomic E-state index is 5.11. The topological polar surface area (TPSA) is 27.7 Å². The highest BCUT2D eigenvalue weighted by atomic mass is 35.5. The van der Waals surface area contributed by atoms with Crippen molar-refractivity contribution < 1.29 is 12.7 Å². The molecule has 12 heavy (non-hydrogen) atoms. The molecule has 0 fully saturated rings. The molecule has 74 valence electrons. The van der Waals surface area contributed by atoms with E-state index >= 15 is 0 Å². The Morgan fingerprint density at radius 3 is 2.00 bits per heavy atom. The van der Waals surface area contributed by atoms with Crippen LogP contribution in [0.25, 0.3) is 0 Å². The summed E-state index contributed by atoms with van der Waals surface area (Å²) >= 11 is 10.0. The molecule has 0 unspecified atom stereocenters. The number of hydrogen-bond donors (Lipinski definition) is 0.